The van der Waals surface area contributed by atoms with E-state index < -0.39 is 0 Å². The number of ether oxygens (including phenoxy) is 1. The largest absolute Gasteiger partial charge is 0.492 e. The van der Waals surface area contributed by atoms with Crippen LogP contribution in [0.1, 0.15) is 11.6 Å². The van der Waals surface area contributed by atoms with Crippen LogP contribution in [0.25, 0.3) is 0 Å². The first-order valence-corrected chi connectivity index (χ1v) is 6.07. The Morgan fingerprint density at radius 3 is 2.93 bits per heavy atom. The lowest BCUT2D eigenvalue weighted by molar-refractivity contribution is 0.265. The number of hydrogen-bond acceptors (Lipinski definition) is 3. The predicted octanol–water partition coefficient (Wildman–Crippen LogP) is 2.07. The predicted molar refractivity (Wildman–Crippen MR) is 61.0 cm³/mol. The lowest BCUT2D eigenvalue weighted by Crippen LogP contribution is -2.35. The number of rotatable bonds is 2. The second-order valence-corrected chi connectivity index (χ2v) is 4.47. The van der Waals surface area contributed by atoms with Crippen LogP contribution in [0, 0.1) is 0 Å². The van der Waals surface area contributed by atoms with Crippen LogP contribution in [0.15, 0.2) is 24.3 Å². The van der Waals surface area contributed by atoms with Gasteiger partial charge in [0, 0.05) is 5.56 Å². The first-order valence-electron chi connectivity index (χ1n) is 4.78. The zero-order valence-corrected chi connectivity index (χ0v) is 9.30. The molecule has 1 aromatic carbocycles. The van der Waals surface area contributed by atoms with Crippen LogP contribution < -0.4 is 10.1 Å². The van der Waals surface area contributed by atoms with E-state index in [2.05, 4.69) is 23.7 Å². The molecule has 1 aromatic rings. The molecular weight excluding hydrogens is 194 g/mol. The molecule has 2 nitrogen and oxygen atoms in total. The van der Waals surface area contributed by atoms with Crippen LogP contribution in [-0.2, 0) is 0 Å². The molecule has 1 aliphatic heterocycles. The normalized spacial score (nSPS) is 25.3. The maximum absolute atomic E-state index is 5.70. The van der Waals surface area contributed by atoms with E-state index >= 15 is 0 Å². The SMILES string of the molecule is CNC1c2ccccc2OCC1SC. The number of para-hydroxylation sites is 1. The highest BCUT2D eigenvalue weighted by Gasteiger charge is 2.28. The fourth-order valence-electron chi connectivity index (χ4n) is 1.88. The second-order valence-electron chi connectivity index (χ2n) is 3.39. The Hall–Kier alpha value is -0.670. The topological polar surface area (TPSA) is 21.3 Å². The zero-order valence-electron chi connectivity index (χ0n) is 8.49. The molecule has 0 bridgehead atoms. The molecule has 0 radical (unpaired) electrons. The van der Waals surface area contributed by atoms with Gasteiger partial charge in [-0.05, 0) is 19.4 Å². The van der Waals surface area contributed by atoms with Crippen molar-refractivity contribution in [2.45, 2.75) is 11.3 Å². The molecule has 1 N–H and O–H groups in total. The molecule has 0 aliphatic carbocycles. The van der Waals surface area contributed by atoms with Gasteiger partial charge in [0.05, 0.1) is 11.3 Å². The number of benzene rings is 1. The minimum Gasteiger partial charge on any atom is -0.492 e. The summed E-state index contributed by atoms with van der Waals surface area (Å²) in [6.07, 6.45) is 2.13. The van der Waals surface area contributed by atoms with Crippen LogP contribution in [-0.4, -0.2) is 25.2 Å². The molecule has 1 heterocycles. The van der Waals surface area contributed by atoms with Crippen LogP contribution in [0.4, 0.5) is 0 Å². The summed E-state index contributed by atoms with van der Waals surface area (Å²) in [6.45, 7) is 0.795. The van der Waals surface area contributed by atoms with Crippen molar-refractivity contribution in [2.75, 3.05) is 19.9 Å². The fourth-order valence-corrected chi connectivity index (χ4v) is 2.64. The Labute approximate surface area is 89.0 Å². The van der Waals surface area contributed by atoms with Crippen molar-refractivity contribution in [3.8, 4) is 5.75 Å². The highest BCUT2D eigenvalue weighted by Crippen LogP contribution is 2.35. The Morgan fingerprint density at radius 2 is 2.21 bits per heavy atom. The van der Waals surface area contributed by atoms with Crippen molar-refractivity contribution in [1.82, 2.24) is 5.32 Å². The monoisotopic (exact) mass is 209 g/mol. The van der Waals surface area contributed by atoms with Gasteiger partial charge in [0.15, 0.2) is 0 Å². The Morgan fingerprint density at radius 1 is 1.43 bits per heavy atom. The fraction of sp³-hybridized carbons (Fsp3) is 0.455. The van der Waals surface area contributed by atoms with Crippen LogP contribution in [0.3, 0.4) is 0 Å². The summed E-state index contributed by atoms with van der Waals surface area (Å²) in [5.41, 5.74) is 1.28. The minimum atomic E-state index is 0.412. The van der Waals surface area contributed by atoms with E-state index in [0.717, 1.165) is 12.4 Å². The number of hydrogen-bond donors (Lipinski definition) is 1. The summed E-state index contributed by atoms with van der Waals surface area (Å²) >= 11 is 1.85. The maximum atomic E-state index is 5.70. The minimum absolute atomic E-state index is 0.412. The molecule has 3 heteroatoms. The van der Waals surface area contributed by atoms with Crippen molar-refractivity contribution < 1.29 is 4.74 Å². The molecule has 0 aromatic heterocycles. The zero-order chi connectivity index (χ0) is 9.97. The van der Waals surface area contributed by atoms with Gasteiger partial charge in [-0.2, -0.15) is 11.8 Å². The molecule has 0 saturated carbocycles. The van der Waals surface area contributed by atoms with Crippen molar-refractivity contribution in [1.29, 1.82) is 0 Å². The molecule has 0 amide bonds. The lowest BCUT2D eigenvalue weighted by Gasteiger charge is -2.32. The molecule has 0 saturated heterocycles. The summed E-state index contributed by atoms with van der Waals surface area (Å²) in [5, 5.41) is 3.87. The number of fused-ring (bicyclic) bond motifs is 1. The van der Waals surface area contributed by atoms with Gasteiger partial charge in [0.2, 0.25) is 0 Å². The highest BCUT2D eigenvalue weighted by molar-refractivity contribution is 7.99. The van der Waals surface area contributed by atoms with Crippen molar-refractivity contribution in [3.63, 3.8) is 0 Å². The van der Waals surface area contributed by atoms with Gasteiger partial charge >= 0.3 is 0 Å². The lowest BCUT2D eigenvalue weighted by atomic mass is 10.0. The molecular formula is C11H15NOS. The van der Waals surface area contributed by atoms with E-state index in [4.69, 9.17) is 4.74 Å². The molecule has 2 atom stereocenters. The van der Waals surface area contributed by atoms with Crippen LogP contribution in [0.2, 0.25) is 0 Å². The molecule has 14 heavy (non-hydrogen) atoms. The van der Waals surface area contributed by atoms with Gasteiger partial charge in [-0.3, -0.25) is 0 Å². The third-order valence-electron chi connectivity index (χ3n) is 2.64. The molecule has 2 unspecified atom stereocenters. The second kappa shape index (κ2) is 4.24. The van der Waals surface area contributed by atoms with Crippen molar-refractivity contribution in [2.24, 2.45) is 0 Å². The quantitative estimate of drug-likeness (QED) is 0.805. The maximum Gasteiger partial charge on any atom is 0.124 e. The van der Waals surface area contributed by atoms with Gasteiger partial charge in [-0.1, -0.05) is 18.2 Å². The Kier molecular flexibility index (Phi) is 2.99. The van der Waals surface area contributed by atoms with E-state index in [9.17, 15) is 0 Å². The summed E-state index contributed by atoms with van der Waals surface area (Å²) in [5.74, 6) is 1.03. The van der Waals surface area contributed by atoms with Gasteiger partial charge in [-0.25, -0.2) is 0 Å². The highest BCUT2D eigenvalue weighted by atomic mass is 32.2. The van der Waals surface area contributed by atoms with Crippen molar-refractivity contribution >= 4 is 11.8 Å². The number of thioether (sulfide) groups is 1. The average Bonchev–Trinajstić information content (AvgIpc) is 2.27. The van der Waals surface area contributed by atoms with E-state index in [0.29, 0.717) is 11.3 Å². The first kappa shape index (κ1) is 9.87. The summed E-state index contributed by atoms with van der Waals surface area (Å²) in [4.78, 5) is 0. The van der Waals surface area contributed by atoms with Gasteiger partial charge in [0.1, 0.15) is 12.4 Å². The van der Waals surface area contributed by atoms with E-state index in [1.807, 2.05) is 30.9 Å². The third kappa shape index (κ3) is 1.62. The van der Waals surface area contributed by atoms with Crippen LogP contribution in [0.5, 0.6) is 5.75 Å². The Balaban J connectivity index is 2.34. The smallest absolute Gasteiger partial charge is 0.124 e. The standard InChI is InChI=1S/C11H15NOS/c1-12-11-8-5-3-4-6-9(8)13-7-10(11)14-2/h3-6,10-12H,7H2,1-2H3. The summed E-state index contributed by atoms with van der Waals surface area (Å²) in [6, 6.07) is 8.67. The van der Waals surface area contributed by atoms with Crippen LogP contribution >= 0.6 is 11.8 Å². The molecule has 0 fully saturated rings. The van der Waals surface area contributed by atoms with Gasteiger partial charge < -0.3 is 10.1 Å². The summed E-state index contributed by atoms with van der Waals surface area (Å²) in [7, 11) is 2.01. The third-order valence-corrected chi connectivity index (χ3v) is 3.66. The summed E-state index contributed by atoms with van der Waals surface area (Å²) < 4.78 is 5.70. The molecule has 0 spiro atoms. The molecule has 76 valence electrons. The molecule has 2 rings (SSSR count). The van der Waals surface area contributed by atoms with Gasteiger partial charge in [-0.15, -0.1) is 0 Å². The number of nitrogens with one attached hydrogen (secondary N) is 1. The van der Waals surface area contributed by atoms with Crippen molar-refractivity contribution in [3.05, 3.63) is 29.8 Å². The molecule has 1 aliphatic rings. The van der Waals surface area contributed by atoms with E-state index in [1.165, 1.54) is 5.56 Å². The Bertz CT molecular complexity index is 316. The van der Waals surface area contributed by atoms with Gasteiger partial charge in [0.25, 0.3) is 0 Å². The van der Waals surface area contributed by atoms with E-state index in [1.54, 1.807) is 0 Å². The van der Waals surface area contributed by atoms with E-state index in [-0.39, 0.29) is 0 Å². The average molecular weight is 209 g/mol. The first-order chi connectivity index (χ1) is 6.86.